The largest absolute Gasteiger partial charge is 0.493 e. The van der Waals surface area contributed by atoms with E-state index in [-0.39, 0.29) is 5.41 Å². The first-order chi connectivity index (χ1) is 13.2. The molecule has 0 bridgehead atoms. The molecule has 0 spiro atoms. The second kappa shape index (κ2) is 9.62. The van der Waals surface area contributed by atoms with Crippen LogP contribution in [0.15, 0.2) is 41.7 Å². The van der Waals surface area contributed by atoms with Gasteiger partial charge in [0, 0.05) is 51.4 Å². The Hall–Kier alpha value is -2.50. The van der Waals surface area contributed by atoms with Gasteiger partial charge in [-0.2, -0.15) is 5.10 Å². The van der Waals surface area contributed by atoms with Gasteiger partial charge in [-0.1, -0.05) is 39.8 Å². The lowest BCUT2D eigenvalue weighted by atomic mass is 9.84. The van der Waals surface area contributed by atoms with Gasteiger partial charge >= 0.3 is 0 Å². The fraction of sp³-hybridized carbons (Fsp3) is 0.545. The Labute approximate surface area is 169 Å². The molecule has 6 nitrogen and oxygen atoms in total. The summed E-state index contributed by atoms with van der Waals surface area (Å²) in [5, 5.41) is 7.74. The van der Waals surface area contributed by atoms with Crippen molar-refractivity contribution in [2.75, 3.05) is 27.2 Å². The number of rotatable bonds is 8. The number of hydrogen-bond donors (Lipinski definition) is 1. The molecule has 0 unspecified atom stereocenters. The lowest BCUT2D eigenvalue weighted by Gasteiger charge is -2.29. The second-order valence-electron chi connectivity index (χ2n) is 8.39. The van der Waals surface area contributed by atoms with Crippen molar-refractivity contribution >= 4 is 5.96 Å². The molecule has 0 fully saturated rings. The predicted octanol–water partition coefficient (Wildman–Crippen LogP) is 3.44. The zero-order valence-electron chi connectivity index (χ0n) is 18.4. The maximum absolute atomic E-state index is 5.79. The highest BCUT2D eigenvalue weighted by Crippen LogP contribution is 2.25. The van der Waals surface area contributed by atoms with Crippen LogP contribution in [-0.4, -0.2) is 47.9 Å². The van der Waals surface area contributed by atoms with Gasteiger partial charge in [0.15, 0.2) is 5.96 Å². The minimum atomic E-state index is -0.0400. The predicted molar refractivity (Wildman–Crippen MR) is 116 cm³/mol. The maximum Gasteiger partial charge on any atom is 0.193 e. The summed E-state index contributed by atoms with van der Waals surface area (Å²) in [5.74, 6) is 2.32. The molecule has 0 radical (unpaired) electrons. The van der Waals surface area contributed by atoms with Gasteiger partial charge in [0.2, 0.25) is 0 Å². The van der Waals surface area contributed by atoms with Gasteiger partial charge in [-0.3, -0.25) is 9.67 Å². The van der Waals surface area contributed by atoms with Gasteiger partial charge in [0.1, 0.15) is 5.75 Å². The van der Waals surface area contributed by atoms with Crippen LogP contribution in [0.2, 0.25) is 0 Å². The van der Waals surface area contributed by atoms with E-state index in [9.17, 15) is 0 Å². The number of benzene rings is 1. The average molecular weight is 386 g/mol. The van der Waals surface area contributed by atoms with E-state index in [2.05, 4.69) is 72.3 Å². The van der Waals surface area contributed by atoms with Crippen LogP contribution in [-0.2, 0) is 19.0 Å². The molecule has 154 valence electrons. The Morgan fingerprint density at radius 2 is 1.96 bits per heavy atom. The number of ether oxygens (including phenoxy) is 1. The number of aliphatic imine (C=N–C) groups is 1. The minimum absolute atomic E-state index is 0.0400. The Balaban J connectivity index is 1.94. The van der Waals surface area contributed by atoms with Gasteiger partial charge in [0.25, 0.3) is 0 Å². The molecule has 6 heteroatoms. The van der Waals surface area contributed by atoms with E-state index in [0.717, 1.165) is 37.0 Å². The molecular formula is C22H35N5O. The van der Waals surface area contributed by atoms with Crippen molar-refractivity contribution in [2.45, 2.75) is 39.7 Å². The first-order valence-electron chi connectivity index (χ1n) is 9.84. The fourth-order valence-corrected chi connectivity index (χ4v) is 2.95. The second-order valence-corrected chi connectivity index (χ2v) is 8.39. The summed E-state index contributed by atoms with van der Waals surface area (Å²) in [7, 11) is 5.78. The Morgan fingerprint density at radius 1 is 1.29 bits per heavy atom. The summed E-state index contributed by atoms with van der Waals surface area (Å²) in [5.41, 5.74) is 2.38. The van der Waals surface area contributed by atoms with Crippen LogP contribution >= 0.6 is 0 Å². The van der Waals surface area contributed by atoms with Crippen LogP contribution in [0.1, 0.15) is 38.8 Å². The monoisotopic (exact) mass is 385 g/mol. The zero-order valence-corrected chi connectivity index (χ0v) is 18.4. The van der Waals surface area contributed by atoms with E-state index in [1.807, 2.05) is 38.2 Å². The molecule has 0 aliphatic heterocycles. The molecule has 2 aromatic rings. The molecule has 1 heterocycles. The van der Waals surface area contributed by atoms with E-state index in [1.165, 1.54) is 5.56 Å². The number of hydrogen-bond acceptors (Lipinski definition) is 3. The Morgan fingerprint density at radius 3 is 2.50 bits per heavy atom. The Kier molecular flexibility index (Phi) is 7.49. The van der Waals surface area contributed by atoms with Crippen molar-refractivity contribution in [3.8, 4) is 5.75 Å². The number of guanidine groups is 1. The third kappa shape index (κ3) is 6.29. The highest BCUT2D eigenvalue weighted by Gasteiger charge is 2.22. The van der Waals surface area contributed by atoms with Crippen molar-refractivity contribution in [3.05, 3.63) is 47.8 Å². The van der Waals surface area contributed by atoms with Crippen LogP contribution < -0.4 is 10.1 Å². The van der Waals surface area contributed by atoms with E-state index < -0.39 is 0 Å². The van der Waals surface area contributed by atoms with E-state index in [0.29, 0.717) is 5.92 Å². The smallest absolute Gasteiger partial charge is 0.193 e. The van der Waals surface area contributed by atoms with Crippen molar-refractivity contribution in [2.24, 2.45) is 18.0 Å². The van der Waals surface area contributed by atoms with Crippen LogP contribution in [0.3, 0.4) is 0 Å². The summed E-state index contributed by atoms with van der Waals surface area (Å²) >= 11 is 0. The molecule has 2 rings (SSSR count). The molecule has 0 atom stereocenters. The molecule has 0 amide bonds. The minimum Gasteiger partial charge on any atom is -0.493 e. The molecule has 0 saturated heterocycles. The molecule has 1 aromatic heterocycles. The molecular weight excluding hydrogens is 350 g/mol. The summed E-state index contributed by atoms with van der Waals surface area (Å²) < 4.78 is 7.61. The summed E-state index contributed by atoms with van der Waals surface area (Å²) in [4.78, 5) is 6.53. The van der Waals surface area contributed by atoms with Crippen molar-refractivity contribution in [1.29, 1.82) is 0 Å². The number of aromatic nitrogens is 2. The van der Waals surface area contributed by atoms with Gasteiger partial charge in [0.05, 0.1) is 12.8 Å². The van der Waals surface area contributed by atoms with E-state index >= 15 is 0 Å². The van der Waals surface area contributed by atoms with Gasteiger partial charge in [-0.05, 0) is 23.6 Å². The van der Waals surface area contributed by atoms with E-state index in [4.69, 9.17) is 4.74 Å². The lowest BCUT2D eigenvalue weighted by molar-refractivity contribution is 0.271. The van der Waals surface area contributed by atoms with Gasteiger partial charge in [-0.25, -0.2) is 0 Å². The van der Waals surface area contributed by atoms with Crippen LogP contribution in [0.4, 0.5) is 0 Å². The first-order valence-corrected chi connectivity index (χ1v) is 9.84. The first kappa shape index (κ1) is 21.8. The van der Waals surface area contributed by atoms with Crippen LogP contribution in [0.5, 0.6) is 5.75 Å². The highest BCUT2D eigenvalue weighted by molar-refractivity contribution is 5.79. The standard InChI is InChI=1S/C22H35N5O/c1-17(2)15-28-20-10-8-19(9-11-20)22(3,4)16-24-21(23-5)26(6)13-18-12-25-27(7)14-18/h8-12,14,17H,13,15-16H2,1-7H3,(H,23,24). The zero-order chi connectivity index (χ0) is 20.7. The molecule has 0 saturated carbocycles. The van der Waals surface area contributed by atoms with Crippen LogP contribution in [0, 0.1) is 5.92 Å². The summed E-state index contributed by atoms with van der Waals surface area (Å²) in [6, 6.07) is 8.42. The van der Waals surface area contributed by atoms with Crippen molar-refractivity contribution in [3.63, 3.8) is 0 Å². The molecule has 0 aliphatic carbocycles. The lowest BCUT2D eigenvalue weighted by Crippen LogP contribution is -2.44. The normalized spacial score (nSPS) is 12.4. The average Bonchev–Trinajstić information content (AvgIpc) is 3.05. The molecule has 0 aliphatic rings. The quantitative estimate of drug-likeness (QED) is 0.559. The molecule has 1 aromatic carbocycles. The van der Waals surface area contributed by atoms with E-state index in [1.54, 1.807) is 0 Å². The van der Waals surface area contributed by atoms with Crippen molar-refractivity contribution < 1.29 is 4.74 Å². The van der Waals surface area contributed by atoms with Crippen molar-refractivity contribution in [1.82, 2.24) is 20.0 Å². The number of nitrogens with one attached hydrogen (secondary N) is 1. The molecule has 1 N–H and O–H groups in total. The van der Waals surface area contributed by atoms with Gasteiger partial charge < -0.3 is 15.0 Å². The highest BCUT2D eigenvalue weighted by atomic mass is 16.5. The summed E-state index contributed by atoms with van der Waals surface area (Å²) in [6.07, 6.45) is 3.91. The molecule has 28 heavy (non-hydrogen) atoms. The SMILES string of the molecule is CN=C(NCC(C)(C)c1ccc(OCC(C)C)cc1)N(C)Cc1cnn(C)c1. The summed E-state index contributed by atoms with van der Waals surface area (Å²) in [6.45, 7) is 11.1. The number of nitrogens with zero attached hydrogens (tertiary/aromatic N) is 4. The third-order valence-corrected chi connectivity index (χ3v) is 4.66. The topological polar surface area (TPSA) is 54.7 Å². The van der Waals surface area contributed by atoms with Gasteiger partial charge in [-0.15, -0.1) is 0 Å². The van der Waals surface area contributed by atoms with Crippen LogP contribution in [0.25, 0.3) is 0 Å². The third-order valence-electron chi connectivity index (χ3n) is 4.66. The fourth-order valence-electron chi connectivity index (χ4n) is 2.95. The Bertz CT molecular complexity index is 761. The maximum atomic E-state index is 5.79. The number of aryl methyl sites for hydroxylation is 1.